The third kappa shape index (κ3) is 4.00. The van der Waals surface area contributed by atoms with Gasteiger partial charge >= 0.3 is 0 Å². The molecule has 23 heavy (non-hydrogen) atoms. The SMILES string of the molecule is CCn1c(SCC(=O)Nc2ccc(Cl)cc2Cl)nnc1C1CC1. The molecular weight excluding hydrogens is 355 g/mol. The van der Waals surface area contributed by atoms with E-state index in [-0.39, 0.29) is 11.7 Å². The lowest BCUT2D eigenvalue weighted by Gasteiger charge is -2.08. The van der Waals surface area contributed by atoms with Gasteiger partial charge in [-0.25, -0.2) is 0 Å². The van der Waals surface area contributed by atoms with Crippen LogP contribution in [0.4, 0.5) is 5.69 Å². The maximum Gasteiger partial charge on any atom is 0.234 e. The molecule has 0 unspecified atom stereocenters. The number of benzene rings is 1. The van der Waals surface area contributed by atoms with Gasteiger partial charge in [-0.15, -0.1) is 10.2 Å². The molecule has 1 aliphatic carbocycles. The Bertz CT molecular complexity index is 730. The van der Waals surface area contributed by atoms with Gasteiger partial charge in [0.25, 0.3) is 0 Å². The lowest BCUT2D eigenvalue weighted by Crippen LogP contribution is -2.15. The first-order valence-corrected chi connectivity index (χ1v) is 9.13. The lowest BCUT2D eigenvalue weighted by atomic mass is 10.3. The van der Waals surface area contributed by atoms with Crippen LogP contribution < -0.4 is 5.32 Å². The number of nitrogens with zero attached hydrogens (tertiary/aromatic N) is 3. The topological polar surface area (TPSA) is 59.8 Å². The number of rotatable bonds is 6. The van der Waals surface area contributed by atoms with Crippen molar-refractivity contribution >= 4 is 46.6 Å². The number of anilines is 1. The first-order valence-electron chi connectivity index (χ1n) is 7.39. The molecule has 0 saturated heterocycles. The Morgan fingerprint density at radius 1 is 1.39 bits per heavy atom. The highest BCUT2D eigenvalue weighted by Crippen LogP contribution is 2.40. The second-order valence-corrected chi connectivity index (χ2v) is 7.11. The average molecular weight is 371 g/mol. The number of nitrogens with one attached hydrogen (secondary N) is 1. The van der Waals surface area contributed by atoms with Crippen LogP contribution in [0.3, 0.4) is 0 Å². The van der Waals surface area contributed by atoms with Gasteiger partial charge in [0.1, 0.15) is 5.82 Å². The molecule has 3 rings (SSSR count). The molecule has 1 aromatic carbocycles. The van der Waals surface area contributed by atoms with Gasteiger partial charge in [-0.05, 0) is 38.0 Å². The molecule has 1 heterocycles. The van der Waals surface area contributed by atoms with E-state index in [0.29, 0.717) is 21.7 Å². The number of thioether (sulfide) groups is 1. The molecule has 1 saturated carbocycles. The minimum Gasteiger partial charge on any atom is -0.324 e. The van der Waals surface area contributed by atoms with E-state index in [4.69, 9.17) is 23.2 Å². The van der Waals surface area contributed by atoms with Crippen molar-refractivity contribution in [3.8, 4) is 0 Å². The summed E-state index contributed by atoms with van der Waals surface area (Å²) in [5.41, 5.74) is 0.553. The van der Waals surface area contributed by atoms with Crippen molar-refractivity contribution in [2.45, 2.75) is 37.4 Å². The first kappa shape index (κ1) is 16.6. The fourth-order valence-electron chi connectivity index (χ4n) is 2.25. The van der Waals surface area contributed by atoms with E-state index in [0.717, 1.165) is 17.5 Å². The molecule has 5 nitrogen and oxygen atoms in total. The number of hydrogen-bond acceptors (Lipinski definition) is 4. The van der Waals surface area contributed by atoms with Gasteiger partial charge < -0.3 is 9.88 Å². The summed E-state index contributed by atoms with van der Waals surface area (Å²) in [4.78, 5) is 12.1. The van der Waals surface area contributed by atoms with E-state index in [2.05, 4.69) is 27.0 Å². The van der Waals surface area contributed by atoms with Crippen LogP contribution in [0.2, 0.25) is 10.0 Å². The second-order valence-electron chi connectivity index (χ2n) is 5.32. The Kier molecular flexibility index (Phi) is 5.14. The summed E-state index contributed by atoms with van der Waals surface area (Å²) in [6.07, 6.45) is 2.36. The number of halogens is 2. The van der Waals surface area contributed by atoms with E-state index in [1.54, 1.807) is 18.2 Å². The van der Waals surface area contributed by atoms with Gasteiger partial charge in [-0.3, -0.25) is 4.79 Å². The van der Waals surface area contributed by atoms with Gasteiger partial charge in [0.15, 0.2) is 5.16 Å². The van der Waals surface area contributed by atoms with Crippen LogP contribution in [0.1, 0.15) is 31.5 Å². The second kappa shape index (κ2) is 7.11. The summed E-state index contributed by atoms with van der Waals surface area (Å²) in [5, 5.41) is 13.0. The third-order valence-electron chi connectivity index (χ3n) is 3.54. The summed E-state index contributed by atoms with van der Waals surface area (Å²) in [5.74, 6) is 1.69. The number of carbonyl (C=O) groups excluding carboxylic acids is 1. The van der Waals surface area contributed by atoms with Crippen LogP contribution >= 0.6 is 35.0 Å². The highest BCUT2D eigenvalue weighted by molar-refractivity contribution is 7.99. The van der Waals surface area contributed by atoms with E-state index in [1.165, 1.54) is 24.6 Å². The van der Waals surface area contributed by atoms with Crippen LogP contribution in [0.5, 0.6) is 0 Å². The molecule has 122 valence electrons. The molecule has 1 fully saturated rings. The van der Waals surface area contributed by atoms with Gasteiger partial charge in [0.05, 0.1) is 16.5 Å². The maximum absolute atomic E-state index is 12.1. The van der Waals surface area contributed by atoms with Crippen molar-refractivity contribution < 1.29 is 4.79 Å². The number of hydrogen-bond donors (Lipinski definition) is 1. The number of aromatic nitrogens is 3. The molecular formula is C15H16Cl2N4OS. The van der Waals surface area contributed by atoms with Crippen LogP contribution in [0, 0.1) is 0 Å². The van der Waals surface area contributed by atoms with Gasteiger partial charge in [0.2, 0.25) is 5.91 Å². The maximum atomic E-state index is 12.1. The van der Waals surface area contributed by atoms with Gasteiger partial charge in [-0.1, -0.05) is 35.0 Å². The van der Waals surface area contributed by atoms with E-state index >= 15 is 0 Å². The van der Waals surface area contributed by atoms with Crippen LogP contribution in [0.25, 0.3) is 0 Å². The summed E-state index contributed by atoms with van der Waals surface area (Å²) >= 11 is 13.3. The lowest BCUT2D eigenvalue weighted by molar-refractivity contribution is -0.113. The molecule has 0 aliphatic heterocycles. The van der Waals surface area contributed by atoms with E-state index < -0.39 is 0 Å². The molecule has 1 amide bonds. The Morgan fingerprint density at radius 2 is 2.17 bits per heavy atom. The molecule has 0 atom stereocenters. The zero-order chi connectivity index (χ0) is 16.4. The minimum atomic E-state index is -0.141. The van der Waals surface area contributed by atoms with Crippen molar-refractivity contribution in [1.29, 1.82) is 0 Å². The third-order valence-corrected chi connectivity index (χ3v) is 5.06. The molecule has 1 N–H and O–H groups in total. The van der Waals surface area contributed by atoms with Crippen molar-refractivity contribution in [2.24, 2.45) is 0 Å². The quantitative estimate of drug-likeness (QED) is 0.773. The normalized spacial score (nSPS) is 14.0. The Balaban J connectivity index is 1.60. The Hall–Kier alpha value is -1.24. The molecule has 8 heteroatoms. The Morgan fingerprint density at radius 3 is 2.83 bits per heavy atom. The van der Waals surface area contributed by atoms with Crippen molar-refractivity contribution in [3.05, 3.63) is 34.1 Å². The van der Waals surface area contributed by atoms with Crippen molar-refractivity contribution in [2.75, 3.05) is 11.1 Å². The summed E-state index contributed by atoms with van der Waals surface area (Å²) in [6.45, 7) is 2.87. The summed E-state index contributed by atoms with van der Waals surface area (Å²) in [6, 6.07) is 4.97. The Labute approximate surface area is 148 Å². The molecule has 1 aromatic heterocycles. The van der Waals surface area contributed by atoms with Crippen LogP contribution in [-0.4, -0.2) is 26.4 Å². The van der Waals surface area contributed by atoms with Crippen molar-refractivity contribution in [1.82, 2.24) is 14.8 Å². The number of carbonyl (C=O) groups is 1. The standard InChI is InChI=1S/C15H16Cl2N4OS/c1-2-21-14(9-3-4-9)19-20-15(21)23-8-13(22)18-12-6-5-10(16)7-11(12)17/h5-7,9H,2-4,8H2,1H3,(H,18,22). The highest BCUT2D eigenvalue weighted by atomic mass is 35.5. The smallest absolute Gasteiger partial charge is 0.234 e. The number of amides is 1. The zero-order valence-corrected chi connectivity index (χ0v) is 14.9. The zero-order valence-electron chi connectivity index (χ0n) is 12.6. The highest BCUT2D eigenvalue weighted by Gasteiger charge is 2.30. The summed E-state index contributed by atoms with van der Waals surface area (Å²) < 4.78 is 2.09. The average Bonchev–Trinajstić information content (AvgIpc) is 3.28. The minimum absolute atomic E-state index is 0.141. The molecule has 2 aromatic rings. The van der Waals surface area contributed by atoms with E-state index in [9.17, 15) is 4.79 Å². The predicted molar refractivity (Wildman–Crippen MR) is 93.5 cm³/mol. The van der Waals surface area contributed by atoms with E-state index in [1.807, 2.05) is 0 Å². The molecule has 0 bridgehead atoms. The monoisotopic (exact) mass is 370 g/mol. The molecule has 0 radical (unpaired) electrons. The van der Waals surface area contributed by atoms with Gasteiger partial charge in [0, 0.05) is 17.5 Å². The largest absolute Gasteiger partial charge is 0.324 e. The van der Waals surface area contributed by atoms with Crippen LogP contribution in [0.15, 0.2) is 23.4 Å². The predicted octanol–water partition coefficient (Wildman–Crippen LogP) is 4.21. The molecule has 1 aliphatic rings. The van der Waals surface area contributed by atoms with Crippen molar-refractivity contribution in [3.63, 3.8) is 0 Å². The van der Waals surface area contributed by atoms with Crippen LogP contribution in [-0.2, 0) is 11.3 Å². The van der Waals surface area contributed by atoms with Gasteiger partial charge in [-0.2, -0.15) is 0 Å². The fourth-order valence-corrected chi connectivity index (χ4v) is 3.52. The first-order chi connectivity index (χ1) is 11.1. The summed E-state index contributed by atoms with van der Waals surface area (Å²) in [7, 11) is 0. The molecule has 0 spiro atoms. The fraction of sp³-hybridized carbons (Fsp3) is 0.400.